The van der Waals surface area contributed by atoms with Crippen molar-refractivity contribution in [2.45, 2.75) is 0 Å². The molecular weight excluding hydrogens is 285 g/mol. The molecular formula is C12H10NO4PS. The highest BCUT2D eigenvalue weighted by atomic mass is 32.7. The molecule has 19 heavy (non-hydrogen) atoms. The van der Waals surface area contributed by atoms with E-state index in [1.807, 2.05) is 0 Å². The topological polar surface area (TPSA) is 80.4 Å². The first-order valence-electron chi connectivity index (χ1n) is 5.29. The standard InChI is InChI=1S/C12H10NO4PS/c14-13(15)10-7-5-9(6-8-10)11-3-1-2-4-12(11)18(16,17)19/h1-8H,(H2,16,17,19). The molecule has 1 N–H and O–H groups in total. The van der Waals surface area contributed by atoms with Crippen LogP contribution in [0.3, 0.4) is 0 Å². The van der Waals surface area contributed by atoms with Gasteiger partial charge in [0.05, 0.1) is 10.2 Å². The summed E-state index contributed by atoms with van der Waals surface area (Å²) in [5.41, 5.74) is 1.14. The summed E-state index contributed by atoms with van der Waals surface area (Å²) in [5.74, 6) is 0. The first-order valence-corrected chi connectivity index (χ1v) is 8.11. The minimum atomic E-state index is -3.69. The van der Waals surface area contributed by atoms with E-state index in [1.165, 1.54) is 18.2 Å². The van der Waals surface area contributed by atoms with Crippen LogP contribution in [0, 0.1) is 10.1 Å². The summed E-state index contributed by atoms with van der Waals surface area (Å²) in [6, 6.07) is 12.4. The van der Waals surface area contributed by atoms with Crippen molar-refractivity contribution in [3.05, 3.63) is 58.6 Å². The van der Waals surface area contributed by atoms with Gasteiger partial charge in [0.2, 0.25) is 0 Å². The average Bonchev–Trinajstić information content (AvgIpc) is 2.38. The maximum atomic E-state index is 11.7. The van der Waals surface area contributed by atoms with Crippen LogP contribution in [0.15, 0.2) is 48.5 Å². The lowest BCUT2D eigenvalue weighted by atomic mass is 10.1. The van der Waals surface area contributed by atoms with E-state index < -0.39 is 11.5 Å². The van der Waals surface area contributed by atoms with Gasteiger partial charge in [0.1, 0.15) is 0 Å². The molecule has 0 aromatic heterocycles. The molecule has 0 bridgehead atoms. The zero-order chi connectivity index (χ0) is 14.0. The molecule has 2 rings (SSSR count). The second-order valence-corrected chi connectivity index (χ2v) is 7.06. The van der Waals surface area contributed by atoms with Gasteiger partial charge in [0.15, 0.2) is 0 Å². The van der Waals surface area contributed by atoms with Crippen LogP contribution in [0.4, 0.5) is 5.69 Å². The third-order valence-electron chi connectivity index (χ3n) is 2.61. The number of rotatable bonds is 3. The maximum absolute atomic E-state index is 11.7. The fraction of sp³-hybridized carbons (Fsp3) is 0. The molecule has 0 aliphatic carbocycles. The third kappa shape index (κ3) is 3.04. The van der Waals surface area contributed by atoms with Crippen LogP contribution in [0.2, 0.25) is 0 Å². The molecule has 1 unspecified atom stereocenters. The van der Waals surface area contributed by atoms with E-state index in [0.29, 0.717) is 11.1 Å². The molecule has 0 spiro atoms. The molecule has 98 valence electrons. The molecule has 2 aromatic rings. The van der Waals surface area contributed by atoms with E-state index in [0.717, 1.165) is 0 Å². The van der Waals surface area contributed by atoms with Gasteiger partial charge in [-0.2, -0.15) is 0 Å². The molecule has 1 atom stereocenters. The Hall–Kier alpha value is -1.62. The van der Waals surface area contributed by atoms with Gasteiger partial charge >= 0.3 is 0 Å². The van der Waals surface area contributed by atoms with E-state index >= 15 is 0 Å². The molecule has 0 aliphatic heterocycles. The smallest absolute Gasteiger partial charge is 0.282 e. The van der Waals surface area contributed by atoms with Gasteiger partial charge in [-0.15, -0.1) is 0 Å². The SMILES string of the molecule is O=[N+]([O-])c1ccc(-c2ccccc2P(=O)(O)S)cc1. The summed E-state index contributed by atoms with van der Waals surface area (Å²) in [5, 5.41) is 10.8. The Morgan fingerprint density at radius 3 is 2.21 bits per heavy atom. The number of non-ortho nitro benzene ring substituents is 1. The number of nitro groups is 1. The number of hydrogen-bond donors (Lipinski definition) is 2. The summed E-state index contributed by atoms with van der Waals surface area (Å²) >= 11 is 3.72. The van der Waals surface area contributed by atoms with Gasteiger partial charge in [-0.05, 0) is 29.3 Å². The molecule has 0 saturated carbocycles. The Balaban J connectivity index is 2.54. The lowest BCUT2D eigenvalue weighted by Gasteiger charge is -2.11. The fourth-order valence-electron chi connectivity index (χ4n) is 1.73. The highest BCUT2D eigenvalue weighted by molar-refractivity contribution is 8.48. The maximum Gasteiger partial charge on any atom is 0.282 e. The van der Waals surface area contributed by atoms with E-state index in [1.54, 1.807) is 30.3 Å². The number of benzene rings is 2. The molecule has 0 aliphatic rings. The monoisotopic (exact) mass is 295 g/mol. The van der Waals surface area contributed by atoms with Crippen molar-refractivity contribution in [2.75, 3.05) is 0 Å². The summed E-state index contributed by atoms with van der Waals surface area (Å²) in [6.07, 6.45) is 0. The van der Waals surface area contributed by atoms with Crippen molar-refractivity contribution < 1.29 is 14.4 Å². The zero-order valence-electron chi connectivity index (χ0n) is 9.63. The molecule has 2 aromatic carbocycles. The normalized spacial score (nSPS) is 13.8. The minimum Gasteiger partial charge on any atom is -0.334 e. The molecule has 0 radical (unpaired) electrons. The van der Waals surface area contributed by atoms with Crippen LogP contribution in [0.5, 0.6) is 0 Å². The average molecular weight is 295 g/mol. The Kier molecular flexibility index (Phi) is 3.75. The van der Waals surface area contributed by atoms with Crippen molar-refractivity contribution in [2.24, 2.45) is 0 Å². The van der Waals surface area contributed by atoms with Crippen molar-refractivity contribution in [1.82, 2.24) is 0 Å². The van der Waals surface area contributed by atoms with Gasteiger partial charge in [-0.25, -0.2) is 0 Å². The molecule has 5 nitrogen and oxygen atoms in total. The Morgan fingerprint density at radius 1 is 1.11 bits per heavy atom. The molecule has 7 heteroatoms. The summed E-state index contributed by atoms with van der Waals surface area (Å²) in [6.45, 7) is -3.69. The van der Waals surface area contributed by atoms with Gasteiger partial charge < -0.3 is 4.89 Å². The lowest BCUT2D eigenvalue weighted by molar-refractivity contribution is -0.384. The van der Waals surface area contributed by atoms with Crippen molar-refractivity contribution >= 4 is 29.8 Å². The fourth-order valence-corrected chi connectivity index (χ4v) is 3.06. The summed E-state index contributed by atoms with van der Waals surface area (Å²) in [7, 11) is 0. The first kappa shape index (κ1) is 13.8. The number of nitrogens with zero attached hydrogens (tertiary/aromatic N) is 1. The number of hydrogen-bond acceptors (Lipinski definition) is 3. The zero-order valence-corrected chi connectivity index (χ0v) is 11.4. The highest BCUT2D eigenvalue weighted by Gasteiger charge is 2.20. The third-order valence-corrected chi connectivity index (χ3v) is 4.27. The number of nitro benzene ring substituents is 1. The van der Waals surface area contributed by atoms with Crippen LogP contribution < -0.4 is 5.30 Å². The predicted octanol–water partition coefficient (Wildman–Crippen LogP) is 3.00. The van der Waals surface area contributed by atoms with Gasteiger partial charge in [-0.3, -0.25) is 14.7 Å². The summed E-state index contributed by atoms with van der Waals surface area (Å²) < 4.78 is 11.7. The van der Waals surface area contributed by atoms with Crippen LogP contribution in [0.25, 0.3) is 11.1 Å². The largest absolute Gasteiger partial charge is 0.334 e. The van der Waals surface area contributed by atoms with Crippen molar-refractivity contribution in [1.29, 1.82) is 0 Å². The highest BCUT2D eigenvalue weighted by Crippen LogP contribution is 2.46. The van der Waals surface area contributed by atoms with Crippen molar-refractivity contribution in [3.63, 3.8) is 0 Å². The molecule has 0 saturated heterocycles. The second kappa shape index (κ2) is 5.17. The van der Waals surface area contributed by atoms with E-state index in [-0.39, 0.29) is 11.0 Å². The Morgan fingerprint density at radius 2 is 1.68 bits per heavy atom. The Bertz CT molecular complexity index is 666. The predicted molar refractivity (Wildman–Crippen MR) is 77.0 cm³/mol. The van der Waals surface area contributed by atoms with E-state index in [2.05, 4.69) is 12.2 Å². The quantitative estimate of drug-likeness (QED) is 0.395. The van der Waals surface area contributed by atoms with Gasteiger partial charge in [-0.1, -0.05) is 30.4 Å². The van der Waals surface area contributed by atoms with Gasteiger partial charge in [0.25, 0.3) is 12.3 Å². The second-order valence-electron chi connectivity index (χ2n) is 3.87. The molecule has 0 fully saturated rings. The van der Waals surface area contributed by atoms with Crippen molar-refractivity contribution in [3.8, 4) is 11.1 Å². The van der Waals surface area contributed by atoms with Crippen LogP contribution in [-0.2, 0) is 4.57 Å². The van der Waals surface area contributed by atoms with E-state index in [9.17, 15) is 19.6 Å². The molecule has 0 heterocycles. The van der Waals surface area contributed by atoms with E-state index in [4.69, 9.17) is 0 Å². The first-order chi connectivity index (χ1) is 8.89. The number of thiol groups is 1. The Labute approximate surface area is 114 Å². The van der Waals surface area contributed by atoms with Crippen LogP contribution in [-0.4, -0.2) is 9.82 Å². The van der Waals surface area contributed by atoms with Crippen LogP contribution in [0.1, 0.15) is 0 Å². The lowest BCUT2D eigenvalue weighted by Crippen LogP contribution is -2.04. The minimum absolute atomic E-state index is 0.0284. The van der Waals surface area contributed by atoms with Crippen LogP contribution >= 0.6 is 18.8 Å². The van der Waals surface area contributed by atoms with Gasteiger partial charge in [0, 0.05) is 12.1 Å². The molecule has 0 amide bonds. The summed E-state index contributed by atoms with van der Waals surface area (Å²) in [4.78, 5) is 19.7.